The van der Waals surface area contributed by atoms with Gasteiger partial charge in [-0.05, 0) is 40.0 Å². The second-order valence-electron chi connectivity index (χ2n) is 4.50. The van der Waals surface area contributed by atoms with Crippen LogP contribution in [0.2, 0.25) is 0 Å². The minimum atomic E-state index is -1.18. The van der Waals surface area contributed by atoms with E-state index in [4.69, 9.17) is 9.84 Å². The van der Waals surface area contributed by atoms with Crippen molar-refractivity contribution in [1.29, 1.82) is 0 Å². The molecule has 1 rings (SSSR count). The van der Waals surface area contributed by atoms with E-state index in [-0.39, 0.29) is 0 Å². The van der Waals surface area contributed by atoms with Crippen LogP contribution in [0.4, 0.5) is 4.79 Å². The van der Waals surface area contributed by atoms with Crippen LogP contribution in [0.5, 0.6) is 0 Å². The maximum atomic E-state index is 10.5. The molecule has 80 valence electrons. The first kappa shape index (κ1) is 11.1. The van der Waals surface area contributed by atoms with E-state index >= 15 is 0 Å². The van der Waals surface area contributed by atoms with Gasteiger partial charge in [0.05, 0.1) is 0 Å². The van der Waals surface area contributed by atoms with Crippen molar-refractivity contribution in [2.75, 3.05) is 0 Å². The molecule has 1 aliphatic rings. The lowest BCUT2D eigenvalue weighted by molar-refractivity contribution is -0.0358. The fraction of sp³-hybridized carbons (Fsp3) is 0.727. The van der Waals surface area contributed by atoms with Crippen molar-refractivity contribution in [1.82, 2.24) is 0 Å². The highest BCUT2D eigenvalue weighted by molar-refractivity contribution is 5.57. The second-order valence-corrected chi connectivity index (χ2v) is 4.50. The lowest BCUT2D eigenvalue weighted by atomic mass is 9.79. The van der Waals surface area contributed by atoms with E-state index in [0.717, 1.165) is 19.3 Å². The van der Waals surface area contributed by atoms with Gasteiger partial charge >= 0.3 is 6.16 Å². The topological polar surface area (TPSA) is 46.5 Å². The van der Waals surface area contributed by atoms with Gasteiger partial charge in [-0.15, -0.1) is 0 Å². The molecule has 1 unspecified atom stereocenters. The SMILES string of the molecule is CC1=CCCC(C(C)(C)OC(=O)O)C1. The van der Waals surface area contributed by atoms with Crippen LogP contribution in [-0.4, -0.2) is 16.9 Å². The number of carbonyl (C=O) groups is 1. The summed E-state index contributed by atoms with van der Waals surface area (Å²) in [5.41, 5.74) is 0.768. The number of hydrogen-bond acceptors (Lipinski definition) is 2. The Bertz CT molecular complexity index is 253. The quantitative estimate of drug-likeness (QED) is 0.547. The summed E-state index contributed by atoms with van der Waals surface area (Å²) < 4.78 is 4.91. The molecule has 0 aromatic heterocycles. The Balaban J connectivity index is 2.63. The van der Waals surface area contributed by atoms with Crippen molar-refractivity contribution in [2.24, 2.45) is 5.92 Å². The zero-order valence-electron chi connectivity index (χ0n) is 9.04. The Kier molecular flexibility index (Phi) is 3.19. The Morgan fingerprint density at radius 1 is 1.64 bits per heavy atom. The number of rotatable bonds is 2. The van der Waals surface area contributed by atoms with Crippen molar-refractivity contribution in [3.63, 3.8) is 0 Å². The summed E-state index contributed by atoms with van der Waals surface area (Å²) in [5.74, 6) is 0.309. The van der Waals surface area contributed by atoms with Crippen LogP contribution in [0.3, 0.4) is 0 Å². The predicted molar refractivity (Wildman–Crippen MR) is 54.3 cm³/mol. The lowest BCUT2D eigenvalue weighted by Crippen LogP contribution is -2.37. The summed E-state index contributed by atoms with van der Waals surface area (Å²) in [6.45, 7) is 5.79. The van der Waals surface area contributed by atoms with Crippen LogP contribution in [-0.2, 0) is 4.74 Å². The highest BCUT2D eigenvalue weighted by Crippen LogP contribution is 2.34. The van der Waals surface area contributed by atoms with Gasteiger partial charge in [-0.25, -0.2) is 4.79 Å². The van der Waals surface area contributed by atoms with Gasteiger partial charge in [-0.1, -0.05) is 11.6 Å². The maximum Gasteiger partial charge on any atom is 0.506 e. The van der Waals surface area contributed by atoms with E-state index in [1.54, 1.807) is 0 Å². The molecule has 0 bridgehead atoms. The molecule has 14 heavy (non-hydrogen) atoms. The van der Waals surface area contributed by atoms with E-state index in [1.807, 2.05) is 13.8 Å². The van der Waals surface area contributed by atoms with Gasteiger partial charge in [0.1, 0.15) is 5.60 Å². The molecule has 0 heterocycles. The normalized spacial score (nSPS) is 22.8. The predicted octanol–water partition coefficient (Wildman–Crippen LogP) is 3.21. The summed E-state index contributed by atoms with van der Waals surface area (Å²) in [6.07, 6.45) is 4.02. The molecule has 0 radical (unpaired) electrons. The Hall–Kier alpha value is -0.990. The summed E-state index contributed by atoms with van der Waals surface area (Å²) in [4.78, 5) is 10.5. The zero-order valence-corrected chi connectivity index (χ0v) is 9.04. The third kappa shape index (κ3) is 2.76. The van der Waals surface area contributed by atoms with E-state index in [9.17, 15) is 4.79 Å². The summed E-state index contributed by atoms with van der Waals surface area (Å²) in [6, 6.07) is 0. The first-order chi connectivity index (χ1) is 6.42. The highest BCUT2D eigenvalue weighted by Gasteiger charge is 2.34. The van der Waals surface area contributed by atoms with Gasteiger partial charge < -0.3 is 9.84 Å². The molecule has 0 amide bonds. The van der Waals surface area contributed by atoms with Crippen LogP contribution in [0.1, 0.15) is 40.0 Å². The molecule has 0 saturated heterocycles. The van der Waals surface area contributed by atoms with Gasteiger partial charge in [0, 0.05) is 5.92 Å². The van der Waals surface area contributed by atoms with Crippen molar-refractivity contribution in [3.05, 3.63) is 11.6 Å². The van der Waals surface area contributed by atoms with Gasteiger partial charge in [0.2, 0.25) is 0 Å². The standard InChI is InChI=1S/C11H18O3/c1-8-5-4-6-9(7-8)11(2,3)14-10(12)13/h5,9H,4,6-7H2,1-3H3,(H,12,13). The summed E-state index contributed by atoms with van der Waals surface area (Å²) >= 11 is 0. The largest absolute Gasteiger partial charge is 0.506 e. The third-order valence-corrected chi connectivity index (χ3v) is 2.91. The summed E-state index contributed by atoms with van der Waals surface area (Å²) in [5, 5.41) is 8.61. The van der Waals surface area contributed by atoms with Crippen molar-refractivity contribution >= 4 is 6.16 Å². The fourth-order valence-electron chi connectivity index (χ4n) is 2.01. The molecule has 0 aromatic rings. The van der Waals surface area contributed by atoms with E-state index < -0.39 is 11.8 Å². The Labute approximate surface area is 84.8 Å². The Morgan fingerprint density at radius 2 is 2.29 bits per heavy atom. The molecule has 3 nitrogen and oxygen atoms in total. The molecule has 3 heteroatoms. The fourth-order valence-corrected chi connectivity index (χ4v) is 2.01. The zero-order chi connectivity index (χ0) is 10.8. The van der Waals surface area contributed by atoms with Gasteiger partial charge in [-0.2, -0.15) is 0 Å². The number of hydrogen-bond donors (Lipinski definition) is 1. The first-order valence-electron chi connectivity index (χ1n) is 4.99. The van der Waals surface area contributed by atoms with Crippen molar-refractivity contribution in [2.45, 2.75) is 45.6 Å². The maximum absolute atomic E-state index is 10.5. The molecule has 1 aliphatic carbocycles. The highest BCUT2D eigenvalue weighted by atomic mass is 16.7. The molecule has 0 aromatic carbocycles. The number of allylic oxidation sites excluding steroid dienone is 2. The van der Waals surface area contributed by atoms with E-state index in [2.05, 4.69) is 13.0 Å². The molecule has 0 fully saturated rings. The first-order valence-corrected chi connectivity index (χ1v) is 4.99. The number of carboxylic acid groups (broad SMARTS) is 1. The van der Waals surface area contributed by atoms with Crippen LogP contribution in [0.15, 0.2) is 11.6 Å². The average Bonchev–Trinajstić information content (AvgIpc) is 2.01. The monoisotopic (exact) mass is 198 g/mol. The van der Waals surface area contributed by atoms with Gasteiger partial charge in [0.15, 0.2) is 0 Å². The second kappa shape index (κ2) is 4.03. The van der Waals surface area contributed by atoms with Crippen LogP contribution >= 0.6 is 0 Å². The van der Waals surface area contributed by atoms with E-state index in [0.29, 0.717) is 5.92 Å². The summed E-state index contributed by atoms with van der Waals surface area (Å²) in [7, 11) is 0. The molecular formula is C11H18O3. The van der Waals surface area contributed by atoms with Gasteiger partial charge in [0.25, 0.3) is 0 Å². The molecule has 0 aliphatic heterocycles. The molecule has 0 saturated carbocycles. The molecule has 0 spiro atoms. The minimum Gasteiger partial charge on any atom is -0.450 e. The number of ether oxygens (including phenoxy) is 1. The van der Waals surface area contributed by atoms with Crippen molar-refractivity contribution < 1.29 is 14.6 Å². The molecular weight excluding hydrogens is 180 g/mol. The van der Waals surface area contributed by atoms with Gasteiger partial charge in [-0.3, -0.25) is 0 Å². The lowest BCUT2D eigenvalue weighted by Gasteiger charge is -2.35. The van der Waals surface area contributed by atoms with Crippen LogP contribution in [0.25, 0.3) is 0 Å². The molecule has 1 N–H and O–H groups in total. The smallest absolute Gasteiger partial charge is 0.450 e. The third-order valence-electron chi connectivity index (χ3n) is 2.91. The minimum absolute atomic E-state index is 0.309. The van der Waals surface area contributed by atoms with E-state index in [1.165, 1.54) is 5.57 Å². The van der Waals surface area contributed by atoms with Crippen LogP contribution in [0, 0.1) is 5.92 Å². The van der Waals surface area contributed by atoms with Crippen LogP contribution < -0.4 is 0 Å². The Morgan fingerprint density at radius 3 is 2.79 bits per heavy atom. The van der Waals surface area contributed by atoms with Crippen molar-refractivity contribution in [3.8, 4) is 0 Å². The molecule has 1 atom stereocenters. The average molecular weight is 198 g/mol.